The van der Waals surface area contributed by atoms with Crippen LogP contribution >= 0.6 is 0 Å². The van der Waals surface area contributed by atoms with Crippen molar-refractivity contribution in [2.24, 2.45) is 0 Å². The summed E-state index contributed by atoms with van der Waals surface area (Å²) in [5.41, 5.74) is 1.67. The molecule has 3 aromatic rings. The summed E-state index contributed by atoms with van der Waals surface area (Å²) < 4.78 is 10.4. The predicted octanol–water partition coefficient (Wildman–Crippen LogP) is 3.49. The van der Waals surface area contributed by atoms with Gasteiger partial charge in [-0.05, 0) is 24.3 Å². The summed E-state index contributed by atoms with van der Waals surface area (Å²) in [5, 5.41) is 5.87. The fourth-order valence-corrected chi connectivity index (χ4v) is 2.29. The number of anilines is 3. The zero-order valence-electron chi connectivity index (χ0n) is 14.4. The molecule has 0 saturated carbocycles. The topological polar surface area (TPSA) is 85.4 Å². The van der Waals surface area contributed by atoms with E-state index in [9.17, 15) is 4.79 Å². The zero-order chi connectivity index (χ0) is 18.4. The highest BCUT2D eigenvalue weighted by Gasteiger charge is 2.11. The summed E-state index contributed by atoms with van der Waals surface area (Å²) in [5.74, 6) is 1.30. The Morgan fingerprint density at radius 2 is 1.65 bits per heavy atom. The molecule has 132 valence electrons. The molecule has 0 aliphatic carbocycles. The smallest absolute Gasteiger partial charge is 0.275 e. The first kappa shape index (κ1) is 17.2. The molecule has 2 aromatic carbocycles. The van der Waals surface area contributed by atoms with Crippen molar-refractivity contribution in [2.75, 3.05) is 24.9 Å². The Morgan fingerprint density at radius 3 is 2.31 bits per heavy atom. The molecule has 1 aromatic heterocycles. The van der Waals surface area contributed by atoms with Crippen LogP contribution in [0, 0.1) is 0 Å². The van der Waals surface area contributed by atoms with Crippen molar-refractivity contribution < 1.29 is 14.3 Å². The van der Waals surface area contributed by atoms with Gasteiger partial charge in [-0.1, -0.05) is 18.2 Å². The molecule has 0 aliphatic heterocycles. The normalized spacial score (nSPS) is 10.1. The number of para-hydroxylation sites is 1. The SMILES string of the molecule is COc1ccc(NC(=O)c2cnc(Nc3ccccc3)cn2)cc1OC. The Hall–Kier alpha value is -3.61. The molecule has 0 spiro atoms. The lowest BCUT2D eigenvalue weighted by molar-refractivity contribution is 0.102. The molecule has 0 unspecified atom stereocenters. The van der Waals surface area contributed by atoms with Gasteiger partial charge in [0, 0.05) is 17.4 Å². The second-order valence-electron chi connectivity index (χ2n) is 5.30. The Kier molecular flexibility index (Phi) is 5.28. The van der Waals surface area contributed by atoms with E-state index in [1.165, 1.54) is 19.5 Å². The molecule has 1 heterocycles. The van der Waals surface area contributed by atoms with Gasteiger partial charge in [-0.15, -0.1) is 0 Å². The molecule has 0 bridgehead atoms. The number of amides is 1. The van der Waals surface area contributed by atoms with Gasteiger partial charge < -0.3 is 20.1 Å². The van der Waals surface area contributed by atoms with Crippen LogP contribution in [0.1, 0.15) is 10.5 Å². The lowest BCUT2D eigenvalue weighted by atomic mass is 10.2. The summed E-state index contributed by atoms with van der Waals surface area (Å²) in [4.78, 5) is 20.7. The van der Waals surface area contributed by atoms with Crippen LogP contribution in [-0.2, 0) is 0 Å². The lowest BCUT2D eigenvalue weighted by Crippen LogP contribution is -2.14. The molecule has 0 saturated heterocycles. The lowest BCUT2D eigenvalue weighted by Gasteiger charge is -2.10. The fourth-order valence-electron chi connectivity index (χ4n) is 2.29. The van der Waals surface area contributed by atoms with Crippen molar-refractivity contribution in [2.45, 2.75) is 0 Å². The average molecular weight is 350 g/mol. The van der Waals surface area contributed by atoms with Gasteiger partial charge in [0.1, 0.15) is 11.5 Å². The average Bonchev–Trinajstić information content (AvgIpc) is 2.69. The van der Waals surface area contributed by atoms with E-state index in [4.69, 9.17) is 9.47 Å². The molecule has 0 aliphatic rings. The number of hydrogen-bond donors (Lipinski definition) is 2. The van der Waals surface area contributed by atoms with Crippen molar-refractivity contribution in [3.05, 3.63) is 66.6 Å². The molecule has 3 rings (SSSR count). The molecular formula is C19H18N4O3. The number of benzene rings is 2. The summed E-state index contributed by atoms with van der Waals surface area (Å²) >= 11 is 0. The molecular weight excluding hydrogens is 332 g/mol. The van der Waals surface area contributed by atoms with Gasteiger partial charge in [-0.25, -0.2) is 9.97 Å². The Bertz CT molecular complexity index is 883. The number of aromatic nitrogens is 2. The van der Waals surface area contributed by atoms with Crippen molar-refractivity contribution >= 4 is 23.1 Å². The maximum absolute atomic E-state index is 12.3. The molecule has 7 heteroatoms. The summed E-state index contributed by atoms with van der Waals surface area (Å²) in [7, 11) is 3.09. The highest BCUT2D eigenvalue weighted by Crippen LogP contribution is 2.29. The van der Waals surface area contributed by atoms with E-state index in [1.54, 1.807) is 25.3 Å². The second-order valence-corrected chi connectivity index (χ2v) is 5.30. The third-order valence-corrected chi connectivity index (χ3v) is 3.57. The van der Waals surface area contributed by atoms with Crippen molar-refractivity contribution in [1.82, 2.24) is 9.97 Å². The molecule has 0 atom stereocenters. The summed E-state index contributed by atoms with van der Waals surface area (Å²) in [6.45, 7) is 0. The second kappa shape index (κ2) is 7.98. The van der Waals surface area contributed by atoms with Crippen LogP contribution in [0.2, 0.25) is 0 Å². The van der Waals surface area contributed by atoms with Crippen LogP contribution in [0.5, 0.6) is 11.5 Å². The minimum absolute atomic E-state index is 0.207. The van der Waals surface area contributed by atoms with E-state index in [2.05, 4.69) is 20.6 Å². The van der Waals surface area contributed by atoms with Gasteiger partial charge in [0.05, 0.1) is 26.6 Å². The summed E-state index contributed by atoms with van der Waals surface area (Å²) in [6, 6.07) is 14.7. The van der Waals surface area contributed by atoms with E-state index in [1.807, 2.05) is 30.3 Å². The highest BCUT2D eigenvalue weighted by atomic mass is 16.5. The van der Waals surface area contributed by atoms with Crippen molar-refractivity contribution in [3.63, 3.8) is 0 Å². The Morgan fingerprint density at radius 1 is 0.885 bits per heavy atom. The predicted molar refractivity (Wildman–Crippen MR) is 99.3 cm³/mol. The van der Waals surface area contributed by atoms with E-state index in [-0.39, 0.29) is 11.6 Å². The third-order valence-electron chi connectivity index (χ3n) is 3.57. The first-order valence-corrected chi connectivity index (χ1v) is 7.87. The largest absolute Gasteiger partial charge is 0.493 e. The first-order valence-electron chi connectivity index (χ1n) is 7.87. The molecule has 1 amide bonds. The molecule has 26 heavy (non-hydrogen) atoms. The highest BCUT2D eigenvalue weighted by molar-refractivity contribution is 6.02. The van der Waals surface area contributed by atoms with Gasteiger partial charge in [-0.3, -0.25) is 4.79 Å². The number of methoxy groups -OCH3 is 2. The van der Waals surface area contributed by atoms with Gasteiger partial charge in [0.25, 0.3) is 5.91 Å². The van der Waals surface area contributed by atoms with Crippen LogP contribution in [0.25, 0.3) is 0 Å². The van der Waals surface area contributed by atoms with Crippen LogP contribution in [0.15, 0.2) is 60.9 Å². The summed E-state index contributed by atoms with van der Waals surface area (Å²) in [6.07, 6.45) is 2.93. The molecule has 0 fully saturated rings. The van der Waals surface area contributed by atoms with Gasteiger partial charge in [-0.2, -0.15) is 0 Å². The number of nitrogens with zero attached hydrogens (tertiary/aromatic N) is 2. The number of ether oxygens (including phenoxy) is 2. The number of rotatable bonds is 6. The van der Waals surface area contributed by atoms with Crippen molar-refractivity contribution in [1.29, 1.82) is 0 Å². The quantitative estimate of drug-likeness (QED) is 0.708. The van der Waals surface area contributed by atoms with Gasteiger partial charge >= 0.3 is 0 Å². The minimum Gasteiger partial charge on any atom is -0.493 e. The first-order chi connectivity index (χ1) is 12.7. The maximum atomic E-state index is 12.3. The fraction of sp³-hybridized carbons (Fsp3) is 0.105. The minimum atomic E-state index is -0.365. The number of nitrogens with one attached hydrogen (secondary N) is 2. The van der Waals surface area contributed by atoms with E-state index < -0.39 is 0 Å². The standard InChI is InChI=1S/C19H18N4O3/c1-25-16-9-8-14(10-17(16)26-2)23-19(24)15-11-21-18(12-20-15)22-13-6-4-3-5-7-13/h3-12H,1-2H3,(H,21,22)(H,23,24). The van der Waals surface area contributed by atoms with Crippen LogP contribution < -0.4 is 20.1 Å². The third kappa shape index (κ3) is 4.07. The molecule has 2 N–H and O–H groups in total. The maximum Gasteiger partial charge on any atom is 0.275 e. The zero-order valence-corrected chi connectivity index (χ0v) is 14.4. The van der Waals surface area contributed by atoms with Gasteiger partial charge in [0.15, 0.2) is 11.5 Å². The number of hydrogen-bond acceptors (Lipinski definition) is 6. The van der Waals surface area contributed by atoms with E-state index in [0.29, 0.717) is 23.0 Å². The van der Waals surface area contributed by atoms with Crippen LogP contribution in [0.4, 0.5) is 17.2 Å². The van der Waals surface area contributed by atoms with Crippen molar-refractivity contribution in [3.8, 4) is 11.5 Å². The number of carbonyl (C=O) groups is 1. The van der Waals surface area contributed by atoms with E-state index >= 15 is 0 Å². The number of carbonyl (C=O) groups excluding carboxylic acids is 1. The molecule has 7 nitrogen and oxygen atoms in total. The Labute approximate surface area is 151 Å². The van der Waals surface area contributed by atoms with Crippen LogP contribution in [0.3, 0.4) is 0 Å². The Balaban J connectivity index is 1.68. The van der Waals surface area contributed by atoms with Crippen LogP contribution in [-0.4, -0.2) is 30.1 Å². The van der Waals surface area contributed by atoms with E-state index in [0.717, 1.165) is 5.69 Å². The molecule has 0 radical (unpaired) electrons. The monoisotopic (exact) mass is 350 g/mol. The van der Waals surface area contributed by atoms with Gasteiger partial charge in [0.2, 0.25) is 0 Å².